The molecule has 1 aromatic heterocycles. The zero-order valence-corrected chi connectivity index (χ0v) is 36.1. The molecule has 1 aliphatic heterocycles. The van der Waals surface area contributed by atoms with Crippen LogP contribution >= 0.6 is 0 Å². The van der Waals surface area contributed by atoms with E-state index in [0.717, 1.165) is 5.56 Å². The summed E-state index contributed by atoms with van der Waals surface area (Å²) in [6, 6.07) is 9.88. The minimum absolute atomic E-state index is 0.146. The molecule has 2 aromatic rings. The van der Waals surface area contributed by atoms with Crippen LogP contribution in [0.4, 0.5) is 4.79 Å². The Kier molecular flexibility index (Phi) is 14.7. The highest BCUT2D eigenvalue weighted by Crippen LogP contribution is 2.46. The minimum Gasteiger partial charge on any atom is -0.459 e. The topological polar surface area (TPSA) is 159 Å². The summed E-state index contributed by atoms with van der Waals surface area (Å²) in [4.78, 5) is 53.8. The number of carbonyl (C=O) groups is 2. The van der Waals surface area contributed by atoms with Gasteiger partial charge in [-0.05, 0) is 75.6 Å². The predicted molar refractivity (Wildman–Crippen MR) is 211 cm³/mol. The molecule has 1 aromatic carbocycles. The van der Waals surface area contributed by atoms with Crippen molar-refractivity contribution in [2.24, 2.45) is 0 Å². The maximum atomic E-state index is 13.8. The Hall–Kier alpha value is -3.09. The zero-order valence-electron chi connectivity index (χ0n) is 34.1. The van der Waals surface area contributed by atoms with E-state index in [1.54, 1.807) is 0 Å². The summed E-state index contributed by atoms with van der Waals surface area (Å²) < 4.78 is 33.5. The number of alkyl carbamates (subject to hydrolysis) is 1. The lowest BCUT2D eigenvalue weighted by molar-refractivity contribution is -0.159. The van der Waals surface area contributed by atoms with Crippen molar-refractivity contribution in [3.05, 3.63) is 69.0 Å². The van der Waals surface area contributed by atoms with E-state index < -0.39 is 76.1 Å². The lowest BCUT2D eigenvalue weighted by atomic mass is 10.0. The maximum Gasteiger partial charge on any atom is 0.407 e. The molecule has 0 aliphatic carbocycles. The Morgan fingerprint density at radius 2 is 1.45 bits per heavy atom. The maximum absolute atomic E-state index is 13.8. The van der Waals surface area contributed by atoms with Crippen LogP contribution in [0, 0.1) is 0 Å². The number of amides is 1. The van der Waals surface area contributed by atoms with E-state index in [1.807, 2.05) is 51.1 Å². The average Bonchev–Trinajstić information content (AvgIpc) is 3.32. The molecule has 0 unspecified atom stereocenters. The Morgan fingerprint density at radius 1 is 0.868 bits per heavy atom. The first-order chi connectivity index (χ1) is 24.3. The molecule has 0 spiro atoms. The van der Waals surface area contributed by atoms with Gasteiger partial charge in [-0.3, -0.25) is 19.1 Å². The fourth-order valence-electron chi connectivity index (χ4n) is 5.25. The summed E-state index contributed by atoms with van der Waals surface area (Å²) in [7, 11) is -5.01. The number of benzene rings is 1. The molecule has 13 nitrogen and oxygen atoms in total. The van der Waals surface area contributed by atoms with Gasteiger partial charge in [0.15, 0.2) is 22.9 Å². The van der Waals surface area contributed by atoms with Gasteiger partial charge in [-0.2, -0.15) is 0 Å². The third-order valence-corrected chi connectivity index (χ3v) is 19.2. The molecular formula is C38H64N4O9Si2. The van der Waals surface area contributed by atoms with E-state index in [2.05, 4.69) is 83.3 Å². The normalized spacial score (nSPS) is 20.5. The van der Waals surface area contributed by atoms with Crippen molar-refractivity contribution < 1.29 is 32.7 Å². The van der Waals surface area contributed by atoms with Gasteiger partial charge >= 0.3 is 17.8 Å². The molecule has 0 bridgehead atoms. The van der Waals surface area contributed by atoms with Crippen LogP contribution in [-0.4, -0.2) is 81.3 Å². The van der Waals surface area contributed by atoms with Crippen molar-refractivity contribution in [3.63, 3.8) is 0 Å². The van der Waals surface area contributed by atoms with Crippen LogP contribution in [0.25, 0.3) is 0 Å². The predicted octanol–water partition coefficient (Wildman–Crippen LogP) is 6.22. The molecule has 0 radical (unpaired) electrons. The number of nitrogens with zero attached hydrogens (tertiary/aromatic N) is 1. The first-order valence-electron chi connectivity index (χ1n) is 18.5. The number of rotatable bonds is 15. The number of H-pyrrole nitrogens is 1. The molecule has 53 heavy (non-hydrogen) atoms. The van der Waals surface area contributed by atoms with E-state index in [0.29, 0.717) is 19.5 Å². The molecule has 1 amide bonds. The third kappa shape index (κ3) is 12.7. The third-order valence-electron chi connectivity index (χ3n) is 10.3. The molecule has 3 N–H and O–H groups in total. The van der Waals surface area contributed by atoms with Crippen LogP contribution in [0.1, 0.15) is 86.9 Å². The van der Waals surface area contributed by atoms with Crippen molar-refractivity contribution >= 4 is 28.7 Å². The summed E-state index contributed by atoms with van der Waals surface area (Å²) in [5.41, 5.74) is -1.02. The standard InChI is InChI=1S/C38H64N4O9Si2/c1-36(2,3)49-33(44)27(39-21-17-22-40-35(46)47-25-26-18-15-14-16-19-26)24-28-30(50-52(10,11)37(4,5)6)31(51-53(12,13)38(7,8)9)32(48-28)42-23-20-29(43)41-34(42)45/h14-16,18-20,23,27-28,30-32,39H,17,21-22,24-25H2,1-13H3,(H,40,46)(H,41,43,45)/t27-,28-,30-,31-,32-/m1/s1. The fourth-order valence-corrected chi connectivity index (χ4v) is 7.85. The van der Waals surface area contributed by atoms with E-state index in [4.69, 9.17) is 23.1 Å². The summed E-state index contributed by atoms with van der Waals surface area (Å²) in [6.07, 6.45) is -1.52. The Bertz CT molecular complexity index is 1630. The highest BCUT2D eigenvalue weighted by atomic mass is 28.4. The van der Waals surface area contributed by atoms with Crippen LogP contribution in [-0.2, 0) is 34.5 Å². The van der Waals surface area contributed by atoms with Gasteiger partial charge in [-0.25, -0.2) is 9.59 Å². The lowest BCUT2D eigenvalue weighted by Gasteiger charge is -2.44. The molecule has 1 saturated heterocycles. The number of esters is 1. The summed E-state index contributed by atoms with van der Waals surface area (Å²) >= 11 is 0. The van der Waals surface area contributed by atoms with E-state index >= 15 is 0 Å². The lowest BCUT2D eigenvalue weighted by Crippen LogP contribution is -2.55. The van der Waals surface area contributed by atoms with Crippen molar-refractivity contribution in [2.45, 2.75) is 154 Å². The highest BCUT2D eigenvalue weighted by Gasteiger charge is 2.55. The van der Waals surface area contributed by atoms with Crippen molar-refractivity contribution in [1.82, 2.24) is 20.2 Å². The number of hydrogen-bond acceptors (Lipinski definition) is 10. The average molecular weight is 777 g/mol. The van der Waals surface area contributed by atoms with Crippen LogP contribution in [0.5, 0.6) is 0 Å². The van der Waals surface area contributed by atoms with Crippen molar-refractivity contribution in [3.8, 4) is 0 Å². The fraction of sp³-hybridized carbons (Fsp3) is 0.684. The van der Waals surface area contributed by atoms with Crippen LogP contribution < -0.4 is 21.9 Å². The van der Waals surface area contributed by atoms with Crippen LogP contribution in [0.2, 0.25) is 36.3 Å². The second-order valence-corrected chi connectivity index (χ2v) is 27.4. The number of aromatic nitrogens is 2. The Morgan fingerprint density at radius 3 is 2.00 bits per heavy atom. The van der Waals surface area contributed by atoms with E-state index in [1.165, 1.54) is 16.8 Å². The summed E-state index contributed by atoms with van der Waals surface area (Å²) in [5, 5.41) is 5.73. The molecule has 2 heterocycles. The van der Waals surface area contributed by atoms with Gasteiger partial charge in [0, 0.05) is 25.2 Å². The smallest absolute Gasteiger partial charge is 0.407 e. The highest BCUT2D eigenvalue weighted by molar-refractivity contribution is 6.74. The summed E-state index contributed by atoms with van der Waals surface area (Å²) in [6.45, 7) is 27.7. The Labute approximate surface area is 317 Å². The minimum atomic E-state index is -2.51. The number of hydrogen-bond donors (Lipinski definition) is 3. The SMILES string of the molecule is CC(C)(C)OC(=O)[C@@H](C[C@H]1O[C@@H](n2ccc(=O)[nH]c2=O)[C@H](O[Si](C)(C)C(C)(C)C)[C@@H]1O[Si](C)(C)C(C)(C)C)NCCCNC(=O)OCc1ccccc1. The number of nitrogens with one attached hydrogen (secondary N) is 3. The zero-order chi connectivity index (χ0) is 40.0. The number of carbonyl (C=O) groups excluding carboxylic acids is 2. The molecule has 15 heteroatoms. The van der Waals surface area contributed by atoms with Gasteiger partial charge in [0.25, 0.3) is 5.56 Å². The second-order valence-electron chi connectivity index (χ2n) is 17.9. The molecule has 5 atom stereocenters. The number of aromatic amines is 1. The first-order valence-corrected chi connectivity index (χ1v) is 24.4. The molecule has 0 saturated carbocycles. The van der Waals surface area contributed by atoms with Crippen molar-refractivity contribution in [2.75, 3.05) is 13.1 Å². The number of ether oxygens (including phenoxy) is 3. The largest absolute Gasteiger partial charge is 0.459 e. The molecule has 298 valence electrons. The van der Waals surface area contributed by atoms with Gasteiger partial charge in [0.1, 0.15) is 30.5 Å². The quantitative estimate of drug-likeness (QED) is 0.108. The van der Waals surface area contributed by atoms with E-state index in [9.17, 15) is 19.2 Å². The van der Waals surface area contributed by atoms with Crippen molar-refractivity contribution in [1.29, 1.82) is 0 Å². The van der Waals surface area contributed by atoms with Crippen LogP contribution in [0.15, 0.2) is 52.2 Å². The summed E-state index contributed by atoms with van der Waals surface area (Å²) in [5.74, 6) is -0.464. The Balaban J connectivity index is 1.92. The monoisotopic (exact) mass is 776 g/mol. The molecular weight excluding hydrogens is 713 g/mol. The van der Waals surface area contributed by atoms with E-state index in [-0.39, 0.29) is 23.1 Å². The molecule has 1 aliphatic rings. The van der Waals surface area contributed by atoms with Gasteiger partial charge in [0.05, 0.1) is 6.10 Å². The first kappa shape index (κ1) is 44.3. The van der Waals surface area contributed by atoms with Crippen LogP contribution in [0.3, 0.4) is 0 Å². The second kappa shape index (κ2) is 17.6. The molecule has 1 fully saturated rings. The molecule has 3 rings (SSSR count). The van der Waals surface area contributed by atoms with Gasteiger partial charge in [0.2, 0.25) is 0 Å². The van der Waals surface area contributed by atoms with Gasteiger partial charge in [-0.1, -0.05) is 71.9 Å². The van der Waals surface area contributed by atoms with Gasteiger partial charge in [-0.15, -0.1) is 0 Å². The van der Waals surface area contributed by atoms with Gasteiger partial charge < -0.3 is 33.7 Å².